The van der Waals surface area contributed by atoms with Crippen molar-refractivity contribution in [3.05, 3.63) is 83.9 Å². The number of nitrogens with zero attached hydrogens (tertiary/aromatic N) is 4. The molecule has 9 nitrogen and oxygen atoms in total. The third-order valence-electron chi connectivity index (χ3n) is 5.44. The Morgan fingerprint density at radius 1 is 0.946 bits per heavy atom. The van der Waals surface area contributed by atoms with Crippen LogP contribution in [0.3, 0.4) is 0 Å². The number of nitrogens with one attached hydrogen (secondary N) is 1. The summed E-state index contributed by atoms with van der Waals surface area (Å²) in [7, 11) is 4.83. The summed E-state index contributed by atoms with van der Waals surface area (Å²) >= 11 is 1.30. The molecule has 0 aliphatic carbocycles. The van der Waals surface area contributed by atoms with Crippen LogP contribution in [0.2, 0.25) is 0 Å². The molecular formula is C27H23N5O4S. The van der Waals surface area contributed by atoms with Crippen LogP contribution in [0.15, 0.2) is 76.7 Å². The molecule has 0 amide bonds. The van der Waals surface area contributed by atoms with Gasteiger partial charge in [0.05, 0.1) is 27.9 Å². The summed E-state index contributed by atoms with van der Waals surface area (Å²) in [5.41, 5.74) is 3.15. The fourth-order valence-corrected chi connectivity index (χ4v) is 4.55. The van der Waals surface area contributed by atoms with Gasteiger partial charge in [-0.2, -0.15) is 5.10 Å². The number of rotatable bonds is 8. The van der Waals surface area contributed by atoms with Crippen LogP contribution in [0.25, 0.3) is 11.0 Å². The van der Waals surface area contributed by atoms with Gasteiger partial charge in [-0.25, -0.2) is 0 Å². The van der Waals surface area contributed by atoms with Gasteiger partial charge < -0.3 is 23.5 Å². The van der Waals surface area contributed by atoms with E-state index in [1.165, 1.54) is 11.9 Å². The van der Waals surface area contributed by atoms with E-state index >= 15 is 0 Å². The molecule has 0 radical (unpaired) electrons. The zero-order valence-electron chi connectivity index (χ0n) is 20.4. The molecule has 3 aromatic heterocycles. The molecule has 5 rings (SSSR count). The first-order valence-corrected chi connectivity index (χ1v) is 12.0. The van der Waals surface area contributed by atoms with Crippen molar-refractivity contribution in [3.8, 4) is 29.1 Å². The highest BCUT2D eigenvalue weighted by atomic mass is 32.2. The Labute approximate surface area is 217 Å². The maximum absolute atomic E-state index is 5.66. The second-order valence-corrected chi connectivity index (χ2v) is 8.63. The monoisotopic (exact) mass is 513 g/mol. The van der Waals surface area contributed by atoms with Gasteiger partial charge in [-0.3, -0.25) is 9.67 Å². The molecule has 37 heavy (non-hydrogen) atoms. The topological polar surface area (TPSA) is 96.5 Å². The lowest BCUT2D eigenvalue weighted by atomic mass is 10.1. The molecule has 2 aromatic carbocycles. The zero-order chi connectivity index (χ0) is 25.6. The van der Waals surface area contributed by atoms with Gasteiger partial charge in [0, 0.05) is 35.9 Å². The third kappa shape index (κ3) is 5.32. The van der Waals surface area contributed by atoms with Crippen LogP contribution in [-0.2, 0) is 6.54 Å². The lowest BCUT2D eigenvalue weighted by Crippen LogP contribution is -2.00. The Morgan fingerprint density at radius 2 is 1.73 bits per heavy atom. The average molecular weight is 514 g/mol. The largest absolute Gasteiger partial charge is 0.496 e. The first kappa shape index (κ1) is 24.1. The van der Waals surface area contributed by atoms with Crippen LogP contribution in [0.4, 0.5) is 5.82 Å². The Bertz CT molecular complexity index is 1550. The molecule has 3 heterocycles. The second-order valence-electron chi connectivity index (χ2n) is 7.81. The first-order chi connectivity index (χ1) is 18.2. The molecule has 0 saturated carbocycles. The molecular weight excluding hydrogens is 490 g/mol. The van der Waals surface area contributed by atoms with Gasteiger partial charge in [-0.15, -0.1) is 0 Å². The van der Waals surface area contributed by atoms with E-state index in [9.17, 15) is 0 Å². The minimum absolute atomic E-state index is 0.520. The van der Waals surface area contributed by atoms with Crippen LogP contribution in [0.5, 0.6) is 17.2 Å². The van der Waals surface area contributed by atoms with E-state index in [1.807, 2.05) is 53.3 Å². The molecule has 0 bridgehead atoms. The van der Waals surface area contributed by atoms with Crippen molar-refractivity contribution in [1.82, 2.24) is 19.9 Å². The smallest absolute Gasteiger partial charge is 0.191 e. The highest BCUT2D eigenvalue weighted by Crippen LogP contribution is 2.41. The summed E-state index contributed by atoms with van der Waals surface area (Å²) in [6.07, 6.45) is 7.07. The molecule has 0 saturated heterocycles. The van der Waals surface area contributed by atoms with Gasteiger partial charge in [0.2, 0.25) is 0 Å². The molecule has 0 fully saturated rings. The molecule has 0 aliphatic rings. The van der Waals surface area contributed by atoms with Crippen molar-refractivity contribution in [2.75, 3.05) is 26.1 Å². The summed E-state index contributed by atoms with van der Waals surface area (Å²) in [6.45, 7) is 0.585. The van der Waals surface area contributed by atoms with E-state index in [0.29, 0.717) is 35.2 Å². The highest BCUT2D eigenvalue weighted by molar-refractivity contribution is 8.00. The van der Waals surface area contributed by atoms with Crippen LogP contribution in [-0.4, -0.2) is 41.3 Å². The third-order valence-corrected chi connectivity index (χ3v) is 6.35. The predicted octanol–water partition coefficient (Wildman–Crippen LogP) is 5.01. The molecule has 0 unspecified atom stereocenters. The van der Waals surface area contributed by atoms with E-state index in [2.05, 4.69) is 31.8 Å². The Balaban J connectivity index is 1.41. The molecule has 0 spiro atoms. The van der Waals surface area contributed by atoms with Gasteiger partial charge in [-0.05, 0) is 60.0 Å². The van der Waals surface area contributed by atoms with Crippen molar-refractivity contribution in [1.29, 1.82) is 0 Å². The van der Waals surface area contributed by atoms with Gasteiger partial charge in [-0.1, -0.05) is 17.0 Å². The molecule has 5 aromatic rings. The maximum atomic E-state index is 5.66. The SMILES string of the molecule is COc1cc(C#Cc2cccnc2)cc(OC)c1SNc1noc2cc(Cn3cccn3)cc(OC)c12. The number of benzene rings is 2. The van der Waals surface area contributed by atoms with Gasteiger partial charge in [0.1, 0.15) is 27.5 Å². The van der Waals surface area contributed by atoms with Crippen molar-refractivity contribution in [3.63, 3.8) is 0 Å². The zero-order valence-corrected chi connectivity index (χ0v) is 21.2. The summed E-state index contributed by atoms with van der Waals surface area (Å²) in [6, 6.07) is 13.2. The van der Waals surface area contributed by atoms with Crippen molar-refractivity contribution < 1.29 is 18.7 Å². The van der Waals surface area contributed by atoms with E-state index in [-0.39, 0.29) is 0 Å². The fraction of sp³-hybridized carbons (Fsp3) is 0.148. The van der Waals surface area contributed by atoms with Gasteiger partial charge >= 0.3 is 0 Å². The van der Waals surface area contributed by atoms with Crippen LogP contribution in [0.1, 0.15) is 16.7 Å². The summed E-state index contributed by atoms with van der Waals surface area (Å²) in [4.78, 5) is 4.83. The molecule has 0 atom stereocenters. The maximum Gasteiger partial charge on any atom is 0.191 e. The quantitative estimate of drug-likeness (QED) is 0.227. The standard InChI is InChI=1S/C27H23N5O4S/c1-33-21-14-20(17-32-11-5-10-29-32)15-22-25(21)27(30-36-22)31-37-26-23(34-2)12-19(13-24(26)35-3)8-7-18-6-4-9-28-16-18/h4-6,9-16H,17H2,1-3H3,(H,30,31). The number of hydrogen-bond donors (Lipinski definition) is 1. The number of anilines is 1. The molecule has 1 N–H and O–H groups in total. The van der Waals surface area contributed by atoms with Crippen molar-refractivity contribution in [2.45, 2.75) is 11.4 Å². The average Bonchev–Trinajstić information content (AvgIpc) is 3.60. The van der Waals surface area contributed by atoms with Gasteiger partial charge in [0.15, 0.2) is 11.4 Å². The second kappa shape index (κ2) is 11.0. The lowest BCUT2D eigenvalue weighted by Gasteiger charge is -2.14. The van der Waals surface area contributed by atoms with Crippen LogP contribution >= 0.6 is 11.9 Å². The summed E-state index contributed by atoms with van der Waals surface area (Å²) in [5.74, 6) is 8.61. The van der Waals surface area contributed by atoms with E-state index in [4.69, 9.17) is 18.7 Å². The summed E-state index contributed by atoms with van der Waals surface area (Å²) in [5, 5.41) is 9.22. The fourth-order valence-electron chi connectivity index (χ4n) is 3.73. The summed E-state index contributed by atoms with van der Waals surface area (Å²) < 4.78 is 27.7. The number of hydrogen-bond acceptors (Lipinski definition) is 9. The molecule has 10 heteroatoms. The van der Waals surface area contributed by atoms with E-state index in [1.54, 1.807) is 39.9 Å². The number of pyridine rings is 1. The number of methoxy groups -OCH3 is 3. The predicted molar refractivity (Wildman–Crippen MR) is 141 cm³/mol. The minimum Gasteiger partial charge on any atom is -0.496 e. The van der Waals surface area contributed by atoms with Crippen molar-refractivity contribution in [2.24, 2.45) is 0 Å². The van der Waals surface area contributed by atoms with Crippen LogP contribution in [0, 0.1) is 11.8 Å². The molecule has 186 valence electrons. The van der Waals surface area contributed by atoms with Gasteiger partial charge in [0.25, 0.3) is 0 Å². The first-order valence-electron chi connectivity index (χ1n) is 11.2. The number of fused-ring (bicyclic) bond motifs is 1. The normalized spacial score (nSPS) is 10.6. The van der Waals surface area contributed by atoms with E-state index in [0.717, 1.165) is 27.0 Å². The molecule has 0 aliphatic heterocycles. The van der Waals surface area contributed by atoms with Crippen LogP contribution < -0.4 is 18.9 Å². The Kier molecular flexibility index (Phi) is 7.14. The minimum atomic E-state index is 0.520. The van der Waals surface area contributed by atoms with Crippen molar-refractivity contribution >= 4 is 28.7 Å². The number of aromatic nitrogens is 4. The highest BCUT2D eigenvalue weighted by Gasteiger charge is 2.19. The van der Waals surface area contributed by atoms with E-state index < -0.39 is 0 Å². The number of ether oxygens (including phenoxy) is 3. The Hall–Kier alpha value is -4.62. The lowest BCUT2D eigenvalue weighted by molar-refractivity contribution is 0.376. The Morgan fingerprint density at radius 3 is 2.41 bits per heavy atom.